The van der Waals surface area contributed by atoms with Crippen molar-refractivity contribution >= 4 is 90.1 Å². The van der Waals surface area contributed by atoms with Crippen molar-refractivity contribution in [1.29, 1.82) is 0 Å². The summed E-state index contributed by atoms with van der Waals surface area (Å²) in [5.74, 6) is -0.861. The van der Waals surface area contributed by atoms with Crippen molar-refractivity contribution in [3.8, 4) is 33.4 Å². The summed E-state index contributed by atoms with van der Waals surface area (Å²) in [6.07, 6.45) is 0. The van der Waals surface area contributed by atoms with Gasteiger partial charge in [0, 0.05) is 33.6 Å². The summed E-state index contributed by atoms with van der Waals surface area (Å²) < 4.78 is 0. The standard InChI is InChI=1S/C65H44N3O2P/c69-64(67-55-40-36-45-22-11-15-30-51(45)61(55)60-50-29-14-10-21-44(50)35-39-54(60)43-19-4-1-5-20-43)57-33-18-34-58(66-57)65(70)68-56-41-37-46-23-12-16-31-52(46)62(56)63-53-32-17-13-24-47(53)38-42-59(63)71(48-25-6-2-7-26-48)49-27-8-3-9-28-49/h1-42H,(H,67,69)(H,68,70). The highest BCUT2D eigenvalue weighted by molar-refractivity contribution is 7.80. The summed E-state index contributed by atoms with van der Waals surface area (Å²) in [5.41, 5.74) is 7.53. The molecular formula is C65H44N3O2P. The molecule has 12 rings (SSSR count). The van der Waals surface area contributed by atoms with Crippen LogP contribution in [-0.2, 0) is 0 Å². The monoisotopic (exact) mass is 929 g/mol. The molecule has 0 spiro atoms. The third kappa shape index (κ3) is 8.19. The summed E-state index contributed by atoms with van der Waals surface area (Å²) in [6, 6.07) is 87.0. The van der Waals surface area contributed by atoms with Gasteiger partial charge in [0.15, 0.2) is 0 Å². The number of rotatable bonds is 10. The molecule has 2 N–H and O–H groups in total. The van der Waals surface area contributed by atoms with Crippen molar-refractivity contribution in [3.05, 3.63) is 266 Å². The fraction of sp³-hybridized carbons (Fsp3) is 0. The number of carbonyl (C=O) groups is 2. The number of nitrogens with one attached hydrogen (secondary N) is 2. The lowest BCUT2D eigenvalue weighted by Gasteiger charge is -2.26. The smallest absolute Gasteiger partial charge is 0.274 e. The molecule has 5 nitrogen and oxygen atoms in total. The van der Waals surface area contributed by atoms with Crippen molar-refractivity contribution in [2.24, 2.45) is 0 Å². The Bertz CT molecular complexity index is 3950. The number of carbonyl (C=O) groups excluding carboxylic acids is 2. The van der Waals surface area contributed by atoms with E-state index in [1.54, 1.807) is 18.2 Å². The number of benzene rings is 11. The van der Waals surface area contributed by atoms with Crippen LogP contribution in [0.5, 0.6) is 0 Å². The highest BCUT2D eigenvalue weighted by Gasteiger charge is 2.26. The van der Waals surface area contributed by atoms with Gasteiger partial charge >= 0.3 is 0 Å². The molecule has 2 amide bonds. The quantitative estimate of drug-likeness (QED) is 0.134. The molecule has 6 heteroatoms. The van der Waals surface area contributed by atoms with Gasteiger partial charge in [-0.15, -0.1) is 0 Å². The molecule has 1 heterocycles. The van der Waals surface area contributed by atoms with Crippen molar-refractivity contribution in [3.63, 3.8) is 0 Å². The van der Waals surface area contributed by atoms with E-state index in [9.17, 15) is 9.59 Å². The number of fused-ring (bicyclic) bond motifs is 4. The molecule has 0 saturated heterocycles. The van der Waals surface area contributed by atoms with E-state index in [0.717, 1.165) is 76.5 Å². The second-order valence-corrected chi connectivity index (χ2v) is 19.7. The maximum atomic E-state index is 14.8. The van der Waals surface area contributed by atoms with Crippen molar-refractivity contribution in [2.45, 2.75) is 0 Å². The lowest BCUT2D eigenvalue weighted by atomic mass is 9.86. The zero-order valence-corrected chi connectivity index (χ0v) is 39.4. The number of aromatic nitrogens is 1. The summed E-state index contributed by atoms with van der Waals surface area (Å²) in [6.45, 7) is 0. The van der Waals surface area contributed by atoms with Gasteiger partial charge in [-0.05, 0) is 102 Å². The van der Waals surface area contributed by atoms with Gasteiger partial charge in [-0.25, -0.2) is 4.98 Å². The Balaban J connectivity index is 0.952. The van der Waals surface area contributed by atoms with Gasteiger partial charge in [0.1, 0.15) is 11.4 Å². The number of nitrogens with zero attached hydrogens (tertiary/aromatic N) is 1. The number of amides is 2. The van der Waals surface area contributed by atoms with Crippen LogP contribution < -0.4 is 26.5 Å². The molecule has 0 aliphatic rings. The first-order valence-electron chi connectivity index (χ1n) is 23.7. The second kappa shape index (κ2) is 18.8. The van der Waals surface area contributed by atoms with Crippen LogP contribution in [0.25, 0.3) is 76.5 Å². The van der Waals surface area contributed by atoms with Crippen LogP contribution in [-0.4, -0.2) is 16.8 Å². The molecule has 0 atom stereocenters. The molecule has 0 radical (unpaired) electrons. The normalized spacial score (nSPS) is 11.3. The minimum Gasteiger partial charge on any atom is -0.320 e. The van der Waals surface area contributed by atoms with Crippen LogP contribution in [0.15, 0.2) is 255 Å². The minimum absolute atomic E-state index is 0.115. The molecule has 336 valence electrons. The first-order valence-corrected chi connectivity index (χ1v) is 25.0. The van der Waals surface area contributed by atoms with E-state index in [1.165, 1.54) is 15.9 Å². The first kappa shape index (κ1) is 43.3. The molecular weight excluding hydrogens is 886 g/mol. The van der Waals surface area contributed by atoms with Crippen molar-refractivity contribution in [2.75, 3.05) is 10.6 Å². The third-order valence-corrected chi connectivity index (χ3v) is 15.7. The van der Waals surface area contributed by atoms with Gasteiger partial charge in [-0.1, -0.05) is 231 Å². The fourth-order valence-corrected chi connectivity index (χ4v) is 12.5. The van der Waals surface area contributed by atoms with Gasteiger partial charge in [0.2, 0.25) is 0 Å². The summed E-state index contributed by atoms with van der Waals surface area (Å²) >= 11 is 0. The van der Waals surface area contributed by atoms with E-state index in [1.807, 2.05) is 72.8 Å². The van der Waals surface area contributed by atoms with E-state index in [4.69, 9.17) is 4.98 Å². The summed E-state index contributed by atoms with van der Waals surface area (Å²) in [5, 5.41) is 18.6. The Morgan fingerprint density at radius 1 is 0.324 bits per heavy atom. The van der Waals surface area contributed by atoms with Crippen molar-refractivity contribution in [1.82, 2.24) is 4.98 Å². The Labute approximate surface area is 412 Å². The fourth-order valence-electron chi connectivity index (χ4n) is 10.0. The van der Waals surface area contributed by atoms with Crippen LogP contribution in [0.4, 0.5) is 11.4 Å². The molecule has 0 fully saturated rings. The molecule has 0 aliphatic carbocycles. The van der Waals surface area contributed by atoms with Gasteiger partial charge in [0.05, 0.1) is 0 Å². The van der Waals surface area contributed by atoms with E-state index >= 15 is 0 Å². The highest BCUT2D eigenvalue weighted by Crippen LogP contribution is 2.47. The Morgan fingerprint density at radius 2 is 0.704 bits per heavy atom. The molecule has 11 aromatic carbocycles. The molecule has 0 aliphatic heterocycles. The molecule has 71 heavy (non-hydrogen) atoms. The number of pyridine rings is 1. The number of hydrogen-bond acceptors (Lipinski definition) is 3. The first-order chi connectivity index (χ1) is 35.1. The van der Waals surface area contributed by atoms with Crippen LogP contribution in [0.2, 0.25) is 0 Å². The predicted octanol–water partition coefficient (Wildman–Crippen LogP) is 15.0. The Morgan fingerprint density at radius 3 is 1.20 bits per heavy atom. The summed E-state index contributed by atoms with van der Waals surface area (Å²) in [4.78, 5) is 34.2. The molecule has 0 saturated carbocycles. The van der Waals surface area contributed by atoms with Gasteiger partial charge < -0.3 is 10.6 Å². The van der Waals surface area contributed by atoms with Crippen LogP contribution in [0, 0.1) is 0 Å². The molecule has 1 aromatic heterocycles. The average Bonchev–Trinajstić information content (AvgIpc) is 3.43. The highest BCUT2D eigenvalue weighted by atomic mass is 31.1. The average molecular weight is 930 g/mol. The lowest BCUT2D eigenvalue weighted by molar-refractivity contribution is 0.101. The van der Waals surface area contributed by atoms with Gasteiger partial charge in [-0.2, -0.15) is 0 Å². The zero-order chi connectivity index (χ0) is 47.7. The van der Waals surface area contributed by atoms with E-state index in [2.05, 4.69) is 174 Å². The topological polar surface area (TPSA) is 71.1 Å². The van der Waals surface area contributed by atoms with Crippen LogP contribution in [0.1, 0.15) is 21.0 Å². The second-order valence-electron chi connectivity index (χ2n) is 17.5. The van der Waals surface area contributed by atoms with Crippen LogP contribution >= 0.6 is 7.92 Å². The number of anilines is 2. The lowest BCUT2D eigenvalue weighted by Crippen LogP contribution is -2.23. The van der Waals surface area contributed by atoms with E-state index < -0.39 is 19.7 Å². The van der Waals surface area contributed by atoms with E-state index in [-0.39, 0.29) is 11.4 Å². The maximum absolute atomic E-state index is 14.8. The third-order valence-electron chi connectivity index (χ3n) is 13.3. The largest absolute Gasteiger partial charge is 0.320 e. The van der Waals surface area contributed by atoms with E-state index in [0.29, 0.717) is 11.4 Å². The maximum Gasteiger partial charge on any atom is 0.274 e. The van der Waals surface area contributed by atoms with Crippen molar-refractivity contribution < 1.29 is 9.59 Å². The Kier molecular flexibility index (Phi) is 11.5. The molecule has 12 aromatic rings. The van der Waals surface area contributed by atoms with Gasteiger partial charge in [-0.3, -0.25) is 9.59 Å². The predicted molar refractivity (Wildman–Crippen MR) is 298 cm³/mol. The van der Waals surface area contributed by atoms with Gasteiger partial charge in [0.25, 0.3) is 11.8 Å². The number of hydrogen-bond donors (Lipinski definition) is 2. The Hall–Kier alpha value is -9.02. The summed E-state index contributed by atoms with van der Waals surface area (Å²) in [7, 11) is -1.05. The minimum atomic E-state index is -1.05. The van der Waals surface area contributed by atoms with Crippen LogP contribution in [0.3, 0.4) is 0 Å². The zero-order valence-electron chi connectivity index (χ0n) is 38.5. The SMILES string of the molecule is O=C(Nc1ccc2ccccc2c1-c1c(-c2ccccc2)ccc2ccccc12)c1cccc(C(=O)Nc2ccc3ccccc3c2-c2c(P(c3ccccc3)c3ccccc3)ccc3ccccc23)n1. The molecule has 0 bridgehead atoms. The molecule has 0 unspecified atom stereocenters.